The second kappa shape index (κ2) is 6.30. The maximum absolute atomic E-state index is 11.5. The molecule has 2 heterocycles. The Morgan fingerprint density at radius 2 is 1.62 bits per heavy atom. The van der Waals surface area contributed by atoms with Crippen LogP contribution in [0.5, 0.6) is 0 Å². The lowest BCUT2D eigenvalue weighted by Crippen LogP contribution is -2.36. The normalized spacial score (nSPS) is 27.7. The molecule has 4 unspecified atom stereocenters. The van der Waals surface area contributed by atoms with E-state index < -0.39 is 24.1 Å². The average Bonchev–Trinajstić information content (AvgIpc) is 2.89. The van der Waals surface area contributed by atoms with Crippen LogP contribution in [0.4, 0.5) is 9.59 Å². The smallest absolute Gasteiger partial charge is 0.322 e. The van der Waals surface area contributed by atoms with Gasteiger partial charge in [0.25, 0.3) is 11.8 Å². The highest BCUT2D eigenvalue weighted by Gasteiger charge is 2.35. The Bertz CT molecular complexity index is 484. The minimum atomic E-state index is -0.607. The van der Waals surface area contributed by atoms with Crippen LogP contribution in [-0.2, 0) is 9.59 Å². The van der Waals surface area contributed by atoms with Crippen LogP contribution in [0.1, 0.15) is 26.2 Å². The van der Waals surface area contributed by atoms with Crippen LogP contribution < -0.4 is 21.3 Å². The van der Waals surface area contributed by atoms with Crippen LogP contribution in [0.2, 0.25) is 0 Å². The van der Waals surface area contributed by atoms with E-state index in [2.05, 4.69) is 21.3 Å². The first kappa shape index (κ1) is 15.6. The van der Waals surface area contributed by atoms with Crippen LogP contribution in [0.15, 0.2) is 0 Å². The summed E-state index contributed by atoms with van der Waals surface area (Å²) in [5.74, 6) is -0.771. The molecule has 4 atom stereocenters. The van der Waals surface area contributed by atoms with Gasteiger partial charge in [-0.2, -0.15) is 0 Å². The summed E-state index contributed by atoms with van der Waals surface area (Å²) in [7, 11) is 0. The highest BCUT2D eigenvalue weighted by molar-refractivity contribution is 6.21. The molecule has 4 N–H and O–H groups in total. The minimum absolute atomic E-state index is 0.0651. The second-order valence-corrected chi connectivity index (χ2v) is 5.96. The molecular formula is C12H17ClN4O4. The molecule has 0 saturated carbocycles. The lowest BCUT2D eigenvalue weighted by molar-refractivity contribution is -0.121. The Labute approximate surface area is 126 Å². The largest absolute Gasteiger partial charge is 0.326 e. The fraction of sp³-hybridized carbons (Fsp3) is 0.667. The van der Waals surface area contributed by atoms with Crippen LogP contribution in [0, 0.1) is 5.92 Å². The van der Waals surface area contributed by atoms with Crippen LogP contribution in [0.3, 0.4) is 0 Å². The summed E-state index contributed by atoms with van der Waals surface area (Å²) in [6, 6.07) is -2.14. The Hall–Kier alpha value is -1.83. The lowest BCUT2D eigenvalue weighted by atomic mass is 9.94. The van der Waals surface area contributed by atoms with E-state index in [-0.39, 0.29) is 23.1 Å². The third-order valence-electron chi connectivity index (χ3n) is 3.66. The fourth-order valence-corrected chi connectivity index (χ4v) is 2.75. The van der Waals surface area contributed by atoms with Gasteiger partial charge in [0.1, 0.15) is 12.1 Å². The quantitative estimate of drug-likeness (QED) is 0.401. The number of urea groups is 2. The van der Waals surface area contributed by atoms with E-state index in [4.69, 9.17) is 11.6 Å². The molecule has 2 saturated heterocycles. The van der Waals surface area contributed by atoms with Crippen molar-refractivity contribution < 1.29 is 19.2 Å². The van der Waals surface area contributed by atoms with Gasteiger partial charge in [-0.15, -0.1) is 11.6 Å². The van der Waals surface area contributed by atoms with Crippen LogP contribution >= 0.6 is 11.6 Å². The molecule has 0 aromatic carbocycles. The van der Waals surface area contributed by atoms with Gasteiger partial charge in [-0.25, -0.2) is 9.59 Å². The average molecular weight is 317 g/mol. The molecule has 2 aliphatic rings. The molecule has 6 amide bonds. The first-order valence-electron chi connectivity index (χ1n) is 6.73. The molecule has 9 heteroatoms. The molecule has 0 aliphatic carbocycles. The Morgan fingerprint density at radius 3 is 2.14 bits per heavy atom. The van der Waals surface area contributed by atoms with Crippen molar-refractivity contribution in [2.24, 2.45) is 5.92 Å². The number of rotatable bonds is 6. The number of amides is 6. The zero-order valence-corrected chi connectivity index (χ0v) is 12.2. The van der Waals surface area contributed by atoms with E-state index in [1.54, 1.807) is 0 Å². The van der Waals surface area contributed by atoms with Crippen LogP contribution in [-0.4, -0.2) is 41.3 Å². The summed E-state index contributed by atoms with van der Waals surface area (Å²) in [6.45, 7) is 1.85. The van der Waals surface area contributed by atoms with Crippen molar-refractivity contribution in [2.45, 2.75) is 43.6 Å². The Balaban J connectivity index is 1.75. The number of hydrogen-bond donors (Lipinski definition) is 4. The third-order valence-corrected chi connectivity index (χ3v) is 4.06. The number of alkyl halides is 1. The molecule has 0 aromatic heterocycles. The third kappa shape index (κ3) is 3.84. The molecule has 2 rings (SSSR count). The highest BCUT2D eigenvalue weighted by Crippen LogP contribution is 2.20. The predicted molar refractivity (Wildman–Crippen MR) is 73.6 cm³/mol. The predicted octanol–water partition coefficient (Wildman–Crippen LogP) is -0.184. The van der Waals surface area contributed by atoms with Gasteiger partial charge >= 0.3 is 12.1 Å². The number of hydrogen-bond acceptors (Lipinski definition) is 4. The molecule has 21 heavy (non-hydrogen) atoms. The highest BCUT2D eigenvalue weighted by atomic mass is 35.5. The molecular weight excluding hydrogens is 300 g/mol. The Kier molecular flexibility index (Phi) is 4.66. The first-order chi connectivity index (χ1) is 9.86. The zero-order chi connectivity index (χ0) is 15.6. The zero-order valence-electron chi connectivity index (χ0n) is 11.4. The molecule has 2 fully saturated rings. The van der Waals surface area contributed by atoms with Gasteiger partial charge in [-0.05, 0) is 25.2 Å². The van der Waals surface area contributed by atoms with Gasteiger partial charge in [0, 0.05) is 5.38 Å². The van der Waals surface area contributed by atoms with Crippen molar-refractivity contribution in [1.82, 2.24) is 21.3 Å². The lowest BCUT2D eigenvalue weighted by Gasteiger charge is -2.19. The SMILES string of the molecule is CC(CCC(Cl)CC1NC(=O)NC1=O)C1NC(=O)NC1=O. The van der Waals surface area contributed by atoms with Crippen molar-refractivity contribution in [2.75, 3.05) is 0 Å². The van der Waals surface area contributed by atoms with E-state index in [9.17, 15) is 19.2 Å². The van der Waals surface area contributed by atoms with E-state index in [1.807, 2.05) is 6.92 Å². The fourth-order valence-electron chi connectivity index (χ4n) is 2.44. The summed E-state index contributed by atoms with van der Waals surface area (Å²) in [5.41, 5.74) is 0. The van der Waals surface area contributed by atoms with E-state index in [0.29, 0.717) is 19.3 Å². The summed E-state index contributed by atoms with van der Waals surface area (Å²) in [6.07, 6.45) is 1.52. The van der Waals surface area contributed by atoms with E-state index >= 15 is 0 Å². The standard InChI is InChI=1S/C12H17ClN4O4/c1-5(8-10(19)17-12(21)15-8)2-3-6(13)4-7-9(18)16-11(20)14-7/h5-8H,2-4H2,1H3,(H2,14,16,18,20)(H2,15,17,19,21). The second-order valence-electron chi connectivity index (χ2n) is 5.34. The molecule has 116 valence electrons. The van der Waals surface area contributed by atoms with Crippen molar-refractivity contribution in [1.29, 1.82) is 0 Å². The van der Waals surface area contributed by atoms with Gasteiger partial charge in [0.15, 0.2) is 0 Å². The summed E-state index contributed by atoms with van der Waals surface area (Å²) in [4.78, 5) is 44.9. The maximum Gasteiger partial charge on any atom is 0.322 e. The van der Waals surface area contributed by atoms with Gasteiger partial charge < -0.3 is 10.6 Å². The number of nitrogens with one attached hydrogen (secondary N) is 4. The Morgan fingerprint density at radius 1 is 1.00 bits per heavy atom. The topological polar surface area (TPSA) is 116 Å². The van der Waals surface area contributed by atoms with E-state index in [0.717, 1.165) is 0 Å². The summed E-state index contributed by atoms with van der Waals surface area (Å²) >= 11 is 6.17. The molecule has 0 radical (unpaired) electrons. The first-order valence-corrected chi connectivity index (χ1v) is 7.17. The van der Waals surface area contributed by atoms with Gasteiger partial charge in [0.2, 0.25) is 0 Å². The number of imide groups is 2. The van der Waals surface area contributed by atoms with Gasteiger partial charge in [-0.3, -0.25) is 20.2 Å². The van der Waals surface area contributed by atoms with Gasteiger partial charge in [-0.1, -0.05) is 6.92 Å². The molecule has 8 nitrogen and oxygen atoms in total. The number of carbonyl (C=O) groups is 4. The van der Waals surface area contributed by atoms with Crippen molar-refractivity contribution in [3.8, 4) is 0 Å². The van der Waals surface area contributed by atoms with E-state index in [1.165, 1.54) is 0 Å². The minimum Gasteiger partial charge on any atom is -0.326 e. The van der Waals surface area contributed by atoms with Crippen LogP contribution in [0.25, 0.3) is 0 Å². The molecule has 0 spiro atoms. The summed E-state index contributed by atoms with van der Waals surface area (Å²) < 4.78 is 0. The number of carbonyl (C=O) groups excluding carboxylic acids is 4. The maximum atomic E-state index is 11.5. The van der Waals surface area contributed by atoms with Gasteiger partial charge in [0.05, 0.1) is 0 Å². The monoisotopic (exact) mass is 316 g/mol. The summed E-state index contributed by atoms with van der Waals surface area (Å²) in [5, 5.41) is 9.06. The van der Waals surface area contributed by atoms with Crippen molar-refractivity contribution in [3.63, 3.8) is 0 Å². The molecule has 2 aliphatic heterocycles. The van der Waals surface area contributed by atoms with Crippen molar-refractivity contribution >= 4 is 35.5 Å². The molecule has 0 aromatic rings. The van der Waals surface area contributed by atoms with Crippen molar-refractivity contribution in [3.05, 3.63) is 0 Å². The molecule has 0 bridgehead atoms. The number of halogens is 1.